The fourth-order valence-corrected chi connectivity index (χ4v) is 2.76. The molecule has 3 aromatic rings. The largest absolute Gasteiger partial charge is 0.366 e. The average molecular weight is 329 g/mol. The van der Waals surface area contributed by atoms with Gasteiger partial charge in [0, 0.05) is 23.9 Å². The molecule has 3 aromatic heterocycles. The molecule has 3 rings (SSSR count). The molecular weight excluding hydrogens is 314 g/mol. The Kier molecular flexibility index (Phi) is 4.11. The Hall–Kier alpha value is -2.68. The van der Waals surface area contributed by atoms with Crippen LogP contribution in [0.25, 0.3) is 11.3 Å². The zero-order valence-electron chi connectivity index (χ0n) is 12.7. The number of hydrogen-bond acceptors (Lipinski definition) is 7. The number of nitrogens with two attached hydrogens (primary N) is 1. The standard InChI is InChI=1S/C14H15N7OS/c1-8(2)14-19-18-12(23-14)7-21-6-11(17-20-21)9-3-10(13(15)22)5-16-4-9/h3-6,8H,7H2,1-2H3,(H2,15,22). The first kappa shape index (κ1) is 15.2. The third kappa shape index (κ3) is 3.39. The van der Waals surface area contributed by atoms with Gasteiger partial charge in [0.25, 0.3) is 0 Å². The minimum Gasteiger partial charge on any atom is -0.366 e. The number of nitrogens with zero attached hydrogens (tertiary/aromatic N) is 6. The molecule has 0 aliphatic rings. The first-order valence-corrected chi connectivity index (χ1v) is 7.82. The summed E-state index contributed by atoms with van der Waals surface area (Å²) in [5.74, 6) is -0.169. The summed E-state index contributed by atoms with van der Waals surface area (Å²) in [6.07, 6.45) is 4.81. The number of amides is 1. The van der Waals surface area contributed by atoms with Crippen LogP contribution in [0.2, 0.25) is 0 Å². The van der Waals surface area contributed by atoms with Crippen molar-refractivity contribution in [2.75, 3.05) is 0 Å². The summed E-state index contributed by atoms with van der Waals surface area (Å²) in [6.45, 7) is 4.66. The number of carbonyl (C=O) groups excluding carboxylic acids is 1. The topological polar surface area (TPSA) is 112 Å². The van der Waals surface area contributed by atoms with Gasteiger partial charge in [0.2, 0.25) is 5.91 Å². The van der Waals surface area contributed by atoms with Gasteiger partial charge in [0.1, 0.15) is 15.7 Å². The first-order chi connectivity index (χ1) is 11.0. The van der Waals surface area contributed by atoms with Crippen molar-refractivity contribution >= 4 is 17.2 Å². The van der Waals surface area contributed by atoms with Crippen molar-refractivity contribution in [3.63, 3.8) is 0 Å². The average Bonchev–Trinajstić information content (AvgIpc) is 3.17. The Morgan fingerprint density at radius 1 is 1.30 bits per heavy atom. The van der Waals surface area contributed by atoms with Gasteiger partial charge in [0.05, 0.1) is 18.3 Å². The highest BCUT2D eigenvalue weighted by Gasteiger charge is 2.11. The molecule has 118 valence electrons. The van der Waals surface area contributed by atoms with Crippen LogP contribution in [0.3, 0.4) is 0 Å². The molecule has 0 bridgehead atoms. The summed E-state index contributed by atoms with van der Waals surface area (Å²) in [5.41, 5.74) is 6.90. The van der Waals surface area contributed by atoms with Crippen LogP contribution in [0.5, 0.6) is 0 Å². The Bertz CT molecular complexity index is 839. The van der Waals surface area contributed by atoms with E-state index >= 15 is 0 Å². The summed E-state index contributed by atoms with van der Waals surface area (Å²) in [5, 5.41) is 18.4. The minimum absolute atomic E-state index is 0.336. The molecule has 0 unspecified atom stereocenters. The fraction of sp³-hybridized carbons (Fsp3) is 0.286. The van der Waals surface area contributed by atoms with E-state index in [1.807, 2.05) is 0 Å². The van der Waals surface area contributed by atoms with Crippen molar-refractivity contribution in [2.24, 2.45) is 5.73 Å². The lowest BCUT2D eigenvalue weighted by Crippen LogP contribution is -2.11. The molecule has 0 aliphatic heterocycles. The zero-order chi connectivity index (χ0) is 16.4. The van der Waals surface area contributed by atoms with Crippen LogP contribution in [-0.2, 0) is 6.54 Å². The number of carbonyl (C=O) groups is 1. The molecule has 9 heteroatoms. The van der Waals surface area contributed by atoms with Gasteiger partial charge < -0.3 is 5.73 Å². The fourth-order valence-electron chi connectivity index (χ4n) is 1.93. The van der Waals surface area contributed by atoms with Crippen molar-refractivity contribution in [1.82, 2.24) is 30.2 Å². The van der Waals surface area contributed by atoms with Gasteiger partial charge in [-0.05, 0) is 6.07 Å². The van der Waals surface area contributed by atoms with Crippen LogP contribution in [0.1, 0.15) is 40.1 Å². The van der Waals surface area contributed by atoms with E-state index in [4.69, 9.17) is 5.73 Å². The van der Waals surface area contributed by atoms with Crippen molar-refractivity contribution in [3.05, 3.63) is 40.2 Å². The Morgan fingerprint density at radius 3 is 2.83 bits per heavy atom. The summed E-state index contributed by atoms with van der Waals surface area (Å²) < 4.78 is 1.68. The lowest BCUT2D eigenvalue weighted by Gasteiger charge is -1.98. The maximum absolute atomic E-state index is 11.2. The quantitative estimate of drug-likeness (QED) is 0.758. The van der Waals surface area contributed by atoms with E-state index in [9.17, 15) is 4.79 Å². The molecule has 3 heterocycles. The second-order valence-corrected chi connectivity index (χ2v) is 6.41. The van der Waals surface area contributed by atoms with Crippen molar-refractivity contribution < 1.29 is 4.79 Å². The molecule has 2 N–H and O–H groups in total. The van der Waals surface area contributed by atoms with E-state index in [1.54, 1.807) is 34.5 Å². The summed E-state index contributed by atoms with van der Waals surface area (Å²) >= 11 is 1.56. The smallest absolute Gasteiger partial charge is 0.250 e. The second-order valence-electron chi connectivity index (χ2n) is 5.32. The number of hydrogen-bond donors (Lipinski definition) is 1. The van der Waals surface area contributed by atoms with E-state index in [2.05, 4.69) is 39.3 Å². The van der Waals surface area contributed by atoms with Gasteiger partial charge in [-0.3, -0.25) is 9.78 Å². The van der Waals surface area contributed by atoms with Crippen molar-refractivity contribution in [2.45, 2.75) is 26.3 Å². The first-order valence-electron chi connectivity index (χ1n) is 7.00. The predicted molar refractivity (Wildman–Crippen MR) is 84.9 cm³/mol. The maximum Gasteiger partial charge on any atom is 0.250 e. The molecular formula is C14H15N7OS. The van der Waals surface area contributed by atoms with Gasteiger partial charge in [-0.15, -0.1) is 15.3 Å². The lowest BCUT2D eigenvalue weighted by molar-refractivity contribution is 0.1000. The van der Waals surface area contributed by atoms with E-state index in [-0.39, 0.29) is 0 Å². The number of primary amides is 1. The van der Waals surface area contributed by atoms with Gasteiger partial charge >= 0.3 is 0 Å². The predicted octanol–water partition coefficient (Wildman–Crippen LogP) is 1.46. The molecule has 1 amide bonds. The molecule has 0 fully saturated rings. The molecule has 8 nitrogen and oxygen atoms in total. The van der Waals surface area contributed by atoms with Crippen molar-refractivity contribution in [1.29, 1.82) is 0 Å². The molecule has 0 spiro atoms. The van der Waals surface area contributed by atoms with Crippen molar-refractivity contribution in [3.8, 4) is 11.3 Å². The molecule has 0 radical (unpaired) electrons. The van der Waals surface area contributed by atoms with Gasteiger partial charge in [-0.1, -0.05) is 30.4 Å². The number of rotatable bonds is 5. The number of pyridine rings is 1. The molecule has 0 aliphatic carbocycles. The number of aromatic nitrogens is 6. The molecule has 0 saturated carbocycles. The van der Waals surface area contributed by atoms with E-state index < -0.39 is 5.91 Å². The molecule has 0 saturated heterocycles. The highest BCUT2D eigenvalue weighted by atomic mass is 32.1. The Balaban J connectivity index is 1.80. The van der Waals surface area contributed by atoms with Gasteiger partial charge in [0.15, 0.2) is 0 Å². The minimum atomic E-state index is -0.526. The van der Waals surface area contributed by atoms with Crippen LogP contribution >= 0.6 is 11.3 Å². The summed E-state index contributed by atoms with van der Waals surface area (Å²) in [7, 11) is 0. The SMILES string of the molecule is CC(C)c1nnc(Cn2cc(-c3cncc(C(N)=O)c3)nn2)s1. The molecule has 23 heavy (non-hydrogen) atoms. The van der Waals surface area contributed by atoms with E-state index in [0.717, 1.165) is 10.0 Å². The summed E-state index contributed by atoms with van der Waals surface area (Å²) in [4.78, 5) is 15.2. The highest BCUT2D eigenvalue weighted by molar-refractivity contribution is 7.11. The lowest BCUT2D eigenvalue weighted by atomic mass is 10.1. The van der Waals surface area contributed by atoms with E-state index in [0.29, 0.717) is 29.3 Å². The van der Waals surface area contributed by atoms with Crippen LogP contribution < -0.4 is 5.73 Å². The second kappa shape index (κ2) is 6.21. The van der Waals surface area contributed by atoms with Gasteiger partial charge in [-0.25, -0.2) is 4.68 Å². The van der Waals surface area contributed by atoms with Crippen LogP contribution in [0.4, 0.5) is 0 Å². The monoisotopic (exact) mass is 329 g/mol. The van der Waals surface area contributed by atoms with E-state index in [1.165, 1.54) is 6.20 Å². The van der Waals surface area contributed by atoms with Gasteiger partial charge in [-0.2, -0.15) is 0 Å². The third-order valence-corrected chi connectivity index (χ3v) is 4.34. The summed E-state index contributed by atoms with van der Waals surface area (Å²) in [6, 6.07) is 1.64. The Morgan fingerprint density at radius 2 is 2.13 bits per heavy atom. The van der Waals surface area contributed by atoms with Crippen LogP contribution in [0, 0.1) is 0 Å². The van der Waals surface area contributed by atoms with Crippen LogP contribution in [-0.4, -0.2) is 36.1 Å². The molecule has 0 aromatic carbocycles. The normalized spacial score (nSPS) is 11.1. The van der Waals surface area contributed by atoms with Crippen LogP contribution in [0.15, 0.2) is 24.7 Å². The third-order valence-electron chi connectivity index (χ3n) is 3.13. The Labute approximate surface area is 136 Å². The molecule has 0 atom stereocenters. The maximum atomic E-state index is 11.2. The zero-order valence-corrected chi connectivity index (χ0v) is 13.5. The highest BCUT2D eigenvalue weighted by Crippen LogP contribution is 2.20.